The molecule has 1 saturated carbocycles. The molecule has 7 heteroatoms. The highest BCUT2D eigenvalue weighted by Crippen LogP contribution is 2.42. The number of hydrogen-bond acceptors (Lipinski definition) is 4. The Hall–Kier alpha value is -3.19. The molecule has 0 radical (unpaired) electrons. The molecule has 2 aromatic rings. The van der Waals surface area contributed by atoms with Crippen molar-refractivity contribution in [3.05, 3.63) is 71.3 Å². The molecule has 2 N–H and O–H groups in total. The van der Waals surface area contributed by atoms with E-state index in [2.05, 4.69) is 5.32 Å². The minimum absolute atomic E-state index is 0.0563. The summed E-state index contributed by atoms with van der Waals surface area (Å²) in [5.41, 5.74) is 1.70. The van der Waals surface area contributed by atoms with Crippen molar-refractivity contribution in [1.29, 1.82) is 0 Å². The summed E-state index contributed by atoms with van der Waals surface area (Å²) in [5.74, 6) is -0.607. The predicted molar refractivity (Wildman–Crippen MR) is 119 cm³/mol. The molecule has 4 amide bonds. The summed E-state index contributed by atoms with van der Waals surface area (Å²) in [6.45, 7) is 3.66. The van der Waals surface area contributed by atoms with Crippen LogP contribution in [-0.2, 0) is 16.1 Å². The maximum atomic E-state index is 13.3. The lowest BCUT2D eigenvalue weighted by Crippen LogP contribution is -2.47. The number of carbonyl (C=O) groups excluding carboxylic acids is 3. The molecule has 7 nitrogen and oxygen atoms in total. The molecule has 2 aromatic carbocycles. The largest absolute Gasteiger partial charge is 0.387 e. The number of rotatable bonds is 8. The Balaban J connectivity index is 1.51. The fourth-order valence-electron chi connectivity index (χ4n) is 4.28. The number of nitrogens with one attached hydrogen (secondary N) is 1. The number of carbonyl (C=O) groups is 3. The first-order valence-corrected chi connectivity index (χ1v) is 11.0. The van der Waals surface area contributed by atoms with Crippen molar-refractivity contribution in [2.75, 3.05) is 13.1 Å². The average molecular weight is 436 g/mol. The van der Waals surface area contributed by atoms with Gasteiger partial charge in [-0.3, -0.25) is 14.5 Å². The first kappa shape index (κ1) is 22.0. The second-order valence-electron chi connectivity index (χ2n) is 8.99. The van der Waals surface area contributed by atoms with Crippen molar-refractivity contribution >= 4 is 17.8 Å². The molecule has 0 spiro atoms. The zero-order chi connectivity index (χ0) is 22.9. The number of urea groups is 1. The summed E-state index contributed by atoms with van der Waals surface area (Å²) in [5, 5.41) is 13.6. The van der Waals surface area contributed by atoms with Crippen LogP contribution in [0.25, 0.3) is 0 Å². The van der Waals surface area contributed by atoms with Crippen LogP contribution in [0.2, 0.25) is 0 Å². The molecule has 0 unspecified atom stereocenters. The number of amides is 4. The van der Waals surface area contributed by atoms with Crippen LogP contribution in [0, 0.1) is 12.8 Å². The number of nitrogens with zero attached hydrogens (tertiary/aromatic N) is 2. The lowest BCUT2D eigenvalue weighted by Gasteiger charge is -2.27. The van der Waals surface area contributed by atoms with Gasteiger partial charge in [-0.05, 0) is 43.7 Å². The summed E-state index contributed by atoms with van der Waals surface area (Å²) in [4.78, 5) is 41.2. The molecule has 168 valence electrons. The minimum Gasteiger partial charge on any atom is -0.387 e. The van der Waals surface area contributed by atoms with Gasteiger partial charge in [0.1, 0.15) is 12.1 Å². The topological polar surface area (TPSA) is 89.9 Å². The van der Waals surface area contributed by atoms with E-state index in [0.29, 0.717) is 5.56 Å². The van der Waals surface area contributed by atoms with Crippen LogP contribution in [0.3, 0.4) is 0 Å². The number of hydrogen-bond donors (Lipinski definition) is 2. The van der Waals surface area contributed by atoms with Crippen LogP contribution in [0.1, 0.15) is 42.6 Å². The number of imide groups is 1. The quantitative estimate of drug-likeness (QED) is 0.624. The van der Waals surface area contributed by atoms with Crippen LogP contribution in [0.5, 0.6) is 0 Å². The van der Waals surface area contributed by atoms with Gasteiger partial charge in [0, 0.05) is 6.54 Å². The molecule has 32 heavy (non-hydrogen) atoms. The first-order valence-electron chi connectivity index (χ1n) is 11.0. The molecule has 2 aliphatic rings. The van der Waals surface area contributed by atoms with Gasteiger partial charge in [-0.2, -0.15) is 0 Å². The first-order chi connectivity index (χ1) is 15.3. The Morgan fingerprint density at radius 1 is 1.19 bits per heavy atom. The van der Waals surface area contributed by atoms with Gasteiger partial charge in [0.05, 0.1) is 12.6 Å². The van der Waals surface area contributed by atoms with Gasteiger partial charge in [0.15, 0.2) is 0 Å². The third-order valence-corrected chi connectivity index (χ3v) is 6.38. The van der Waals surface area contributed by atoms with Crippen LogP contribution < -0.4 is 5.32 Å². The molecule has 0 aromatic heterocycles. The van der Waals surface area contributed by atoms with E-state index < -0.39 is 17.7 Å². The molecule has 1 aliphatic carbocycles. The molecule has 4 rings (SSSR count). The smallest absolute Gasteiger partial charge is 0.325 e. The maximum absolute atomic E-state index is 13.3. The Labute approximate surface area is 188 Å². The average Bonchev–Trinajstić information content (AvgIpc) is 3.60. The normalized spacial score (nSPS) is 21.4. The van der Waals surface area contributed by atoms with Crippen molar-refractivity contribution in [3.8, 4) is 0 Å². The minimum atomic E-state index is -0.928. The zero-order valence-corrected chi connectivity index (χ0v) is 18.5. The number of aliphatic hydroxyl groups excluding tert-OH is 1. The van der Waals surface area contributed by atoms with Gasteiger partial charge in [0.25, 0.3) is 5.91 Å². The second kappa shape index (κ2) is 8.74. The summed E-state index contributed by atoms with van der Waals surface area (Å²) in [6, 6.07) is 16.4. The van der Waals surface area contributed by atoms with Gasteiger partial charge in [-0.25, -0.2) is 4.79 Å². The van der Waals surface area contributed by atoms with Crippen molar-refractivity contribution in [1.82, 2.24) is 15.1 Å². The van der Waals surface area contributed by atoms with Gasteiger partial charge in [-0.1, -0.05) is 60.2 Å². The molecule has 1 heterocycles. The van der Waals surface area contributed by atoms with E-state index in [9.17, 15) is 19.5 Å². The van der Waals surface area contributed by atoms with E-state index in [0.717, 1.165) is 28.9 Å². The highest BCUT2D eigenvalue weighted by Gasteiger charge is 2.56. The molecule has 1 saturated heterocycles. The molecule has 1 aliphatic heterocycles. The Kier molecular flexibility index (Phi) is 6.02. The summed E-state index contributed by atoms with van der Waals surface area (Å²) >= 11 is 0. The van der Waals surface area contributed by atoms with Crippen molar-refractivity contribution in [2.45, 2.75) is 44.9 Å². The zero-order valence-electron chi connectivity index (χ0n) is 18.5. The highest BCUT2D eigenvalue weighted by molar-refractivity contribution is 6.09. The maximum Gasteiger partial charge on any atom is 0.325 e. The van der Waals surface area contributed by atoms with Crippen LogP contribution >= 0.6 is 0 Å². The van der Waals surface area contributed by atoms with Gasteiger partial charge >= 0.3 is 6.03 Å². The van der Waals surface area contributed by atoms with E-state index in [-0.39, 0.29) is 37.4 Å². The highest BCUT2D eigenvalue weighted by atomic mass is 16.3. The van der Waals surface area contributed by atoms with Crippen LogP contribution in [-0.4, -0.2) is 51.4 Å². The van der Waals surface area contributed by atoms with E-state index in [1.165, 1.54) is 4.90 Å². The van der Waals surface area contributed by atoms with Gasteiger partial charge in [0.2, 0.25) is 5.91 Å². The predicted octanol–water partition coefficient (Wildman–Crippen LogP) is 2.78. The lowest BCUT2D eigenvalue weighted by molar-refractivity contribution is -0.140. The summed E-state index contributed by atoms with van der Waals surface area (Å²) in [7, 11) is 0. The van der Waals surface area contributed by atoms with Crippen LogP contribution in [0.4, 0.5) is 4.79 Å². The van der Waals surface area contributed by atoms with Crippen molar-refractivity contribution < 1.29 is 19.5 Å². The van der Waals surface area contributed by atoms with E-state index in [4.69, 9.17) is 0 Å². The van der Waals surface area contributed by atoms with Crippen molar-refractivity contribution in [2.24, 2.45) is 5.92 Å². The van der Waals surface area contributed by atoms with E-state index in [1.54, 1.807) is 6.92 Å². The second-order valence-corrected chi connectivity index (χ2v) is 8.99. The number of aryl methyl sites for hydroxylation is 1. The third kappa shape index (κ3) is 4.53. The lowest BCUT2D eigenvalue weighted by atomic mass is 9.96. The van der Waals surface area contributed by atoms with Crippen LogP contribution in [0.15, 0.2) is 54.6 Å². The number of aliphatic hydroxyl groups is 1. The SMILES string of the molecule is Cc1cccc([C@@H](O)CN(Cc2ccccc2)C(=O)CN2C(=O)N[C@@](C)(C3CC3)C2=O)c1. The number of benzene rings is 2. The molecule has 2 atom stereocenters. The fourth-order valence-corrected chi connectivity index (χ4v) is 4.28. The fraction of sp³-hybridized carbons (Fsp3) is 0.400. The van der Waals surface area contributed by atoms with Gasteiger partial charge in [-0.15, -0.1) is 0 Å². The Bertz CT molecular complexity index is 1020. The van der Waals surface area contributed by atoms with E-state index in [1.807, 2.05) is 61.5 Å². The van der Waals surface area contributed by atoms with Gasteiger partial charge < -0.3 is 15.3 Å². The Morgan fingerprint density at radius 3 is 2.56 bits per heavy atom. The molecule has 0 bridgehead atoms. The third-order valence-electron chi connectivity index (χ3n) is 6.38. The molecular formula is C25H29N3O4. The Morgan fingerprint density at radius 2 is 1.91 bits per heavy atom. The van der Waals surface area contributed by atoms with Crippen molar-refractivity contribution in [3.63, 3.8) is 0 Å². The monoisotopic (exact) mass is 435 g/mol. The standard InChI is InChI=1S/C25H29N3O4/c1-17-7-6-10-19(13-17)21(29)15-27(14-18-8-4-3-5-9-18)22(30)16-28-23(31)25(2,20-11-12-20)26-24(28)32/h3-10,13,20-21,29H,11-12,14-16H2,1-2H3,(H,26,32)/t21-,25-/m0/s1. The molecule has 2 fully saturated rings. The summed E-state index contributed by atoms with van der Waals surface area (Å²) < 4.78 is 0. The summed E-state index contributed by atoms with van der Waals surface area (Å²) in [6.07, 6.45) is 0.905. The molecular weight excluding hydrogens is 406 g/mol. The van der Waals surface area contributed by atoms with E-state index >= 15 is 0 Å².